The molecule has 208 valence electrons. The van der Waals surface area contributed by atoms with Crippen molar-refractivity contribution in [1.82, 2.24) is 4.90 Å². The van der Waals surface area contributed by atoms with Crippen LogP contribution in [0.3, 0.4) is 0 Å². The van der Waals surface area contributed by atoms with E-state index in [0.717, 1.165) is 24.3 Å². The second-order valence-corrected chi connectivity index (χ2v) is 8.38. The molecule has 0 aliphatic carbocycles. The number of alkyl halides is 9. The normalized spacial score (nSPS) is 12.7. The molecular formula is C21H15F9NO5PS. The maximum atomic E-state index is 13.5. The van der Waals surface area contributed by atoms with Crippen molar-refractivity contribution in [3.05, 3.63) is 59.7 Å². The van der Waals surface area contributed by atoms with Gasteiger partial charge in [0.2, 0.25) is 0 Å². The van der Waals surface area contributed by atoms with Crippen molar-refractivity contribution in [2.75, 3.05) is 13.2 Å². The van der Waals surface area contributed by atoms with Gasteiger partial charge in [0.05, 0.1) is 25.1 Å². The van der Waals surface area contributed by atoms with E-state index in [1.54, 1.807) is 0 Å². The Labute approximate surface area is 215 Å². The van der Waals surface area contributed by atoms with Gasteiger partial charge in [-0.2, -0.15) is 39.5 Å². The van der Waals surface area contributed by atoms with Crippen molar-refractivity contribution in [3.63, 3.8) is 0 Å². The molecule has 2 aromatic rings. The highest BCUT2D eigenvalue weighted by Crippen LogP contribution is 2.40. The SMILES string of the molecule is CCOC(=O)CN(C(=O)C(F)(F)F)C(Oc1cccc(C(F)(F)F)c1)(Oc1cccc(C(F)(F)F)c1)P=S. The molecule has 0 aromatic heterocycles. The number of hydrogen-bond donors (Lipinski definition) is 0. The van der Waals surface area contributed by atoms with Gasteiger partial charge in [-0.05, 0) is 55.1 Å². The number of rotatable bonds is 9. The first kappa shape index (κ1) is 31.1. The number of nitrogens with zero attached hydrogens (tertiary/aromatic N) is 1. The minimum atomic E-state index is -5.72. The quantitative estimate of drug-likeness (QED) is 0.150. The number of hydrogen-bond acceptors (Lipinski definition) is 6. The Bertz CT molecular complexity index is 1110. The lowest BCUT2D eigenvalue weighted by Crippen LogP contribution is -2.60. The third-order valence-corrected chi connectivity index (χ3v) is 5.71. The van der Waals surface area contributed by atoms with Crippen LogP contribution in [0.4, 0.5) is 39.5 Å². The molecule has 2 rings (SSSR count). The predicted octanol–water partition coefficient (Wildman–Crippen LogP) is 6.16. The van der Waals surface area contributed by atoms with Crippen LogP contribution in [0.5, 0.6) is 11.5 Å². The molecule has 6 nitrogen and oxygen atoms in total. The molecule has 1 amide bonds. The van der Waals surface area contributed by atoms with E-state index in [0.29, 0.717) is 24.3 Å². The molecule has 0 atom stereocenters. The van der Waals surface area contributed by atoms with E-state index in [-0.39, 0.29) is 6.61 Å². The third kappa shape index (κ3) is 7.93. The van der Waals surface area contributed by atoms with E-state index >= 15 is 0 Å². The van der Waals surface area contributed by atoms with Gasteiger partial charge in [-0.25, -0.2) is 4.90 Å². The first-order valence-corrected chi connectivity index (χ1v) is 11.9. The molecule has 0 N–H and O–H groups in total. The summed E-state index contributed by atoms with van der Waals surface area (Å²) >= 11 is 4.80. The van der Waals surface area contributed by atoms with Crippen LogP contribution < -0.4 is 9.47 Å². The van der Waals surface area contributed by atoms with Crippen LogP contribution in [0, 0.1) is 0 Å². The average molecular weight is 595 g/mol. The highest BCUT2D eigenvalue weighted by atomic mass is 32.4. The zero-order valence-corrected chi connectivity index (χ0v) is 20.5. The van der Waals surface area contributed by atoms with E-state index in [1.807, 2.05) is 0 Å². The second kappa shape index (κ2) is 11.7. The van der Waals surface area contributed by atoms with Gasteiger partial charge >= 0.3 is 36.1 Å². The van der Waals surface area contributed by atoms with Crippen molar-refractivity contribution in [2.24, 2.45) is 0 Å². The number of ether oxygens (including phenoxy) is 3. The Hall–Kier alpha value is -3.13. The maximum absolute atomic E-state index is 13.5. The summed E-state index contributed by atoms with van der Waals surface area (Å²) < 4.78 is 135. The van der Waals surface area contributed by atoms with Gasteiger partial charge in [-0.3, -0.25) is 9.59 Å². The van der Waals surface area contributed by atoms with Gasteiger partial charge in [0.1, 0.15) is 18.0 Å². The third-order valence-electron chi connectivity index (χ3n) is 4.36. The highest BCUT2D eigenvalue weighted by Gasteiger charge is 2.54. The molecule has 0 unspecified atom stereocenters. The van der Waals surface area contributed by atoms with Crippen LogP contribution in [-0.4, -0.2) is 41.8 Å². The summed E-state index contributed by atoms with van der Waals surface area (Å²) in [6.07, 6.45) is -15.6. The Morgan fingerprint density at radius 2 is 1.29 bits per heavy atom. The summed E-state index contributed by atoms with van der Waals surface area (Å²) in [5.74, 6) is -5.92. The van der Waals surface area contributed by atoms with Crippen molar-refractivity contribution < 1.29 is 63.3 Å². The zero-order valence-electron chi connectivity index (χ0n) is 18.8. The van der Waals surface area contributed by atoms with Gasteiger partial charge in [-0.1, -0.05) is 12.1 Å². The van der Waals surface area contributed by atoms with Gasteiger partial charge in [0.25, 0.3) is 0 Å². The summed E-state index contributed by atoms with van der Waals surface area (Å²) in [7, 11) is -0.908. The number of halogens is 9. The van der Waals surface area contributed by atoms with Crippen LogP contribution in [-0.2, 0) is 38.5 Å². The first-order valence-electron chi connectivity index (χ1n) is 10.0. The Balaban J connectivity index is 2.75. The van der Waals surface area contributed by atoms with Crippen LogP contribution in [0.2, 0.25) is 0 Å². The fraction of sp³-hybridized carbons (Fsp3) is 0.333. The highest BCUT2D eigenvalue weighted by molar-refractivity contribution is 7.97. The molecule has 0 spiro atoms. The standard InChI is InChI=1S/C21H15F9NO5PS/c1-2-34-16(32)11-31(17(33)20(28,29)30)21(37-38,35-14-7-3-5-12(9-14)18(22,23)24)36-15-8-4-6-13(10-15)19(25,26)27/h3-10H,2,11H2,1H3. The van der Waals surface area contributed by atoms with E-state index < -0.39 is 77.5 Å². The van der Waals surface area contributed by atoms with E-state index in [2.05, 4.69) is 4.74 Å². The maximum Gasteiger partial charge on any atom is 0.471 e. The van der Waals surface area contributed by atoms with Crippen LogP contribution in [0.15, 0.2) is 48.5 Å². The van der Waals surface area contributed by atoms with E-state index in [1.165, 1.54) is 6.92 Å². The van der Waals surface area contributed by atoms with Gasteiger partial charge < -0.3 is 14.2 Å². The molecule has 0 heterocycles. The molecule has 0 fully saturated rings. The van der Waals surface area contributed by atoms with Crippen LogP contribution in [0.25, 0.3) is 0 Å². The van der Waals surface area contributed by atoms with Gasteiger partial charge in [0.15, 0.2) is 0 Å². The molecule has 2 aromatic carbocycles. The molecule has 0 aliphatic rings. The van der Waals surface area contributed by atoms with Crippen LogP contribution >= 0.6 is 7.36 Å². The molecule has 0 aliphatic heterocycles. The molecular weight excluding hydrogens is 580 g/mol. The molecule has 17 heteroatoms. The fourth-order valence-corrected chi connectivity index (χ4v) is 3.85. The second-order valence-electron chi connectivity index (χ2n) is 7.09. The lowest BCUT2D eigenvalue weighted by molar-refractivity contribution is -0.218. The first-order chi connectivity index (χ1) is 17.4. The number of carbonyl (C=O) groups excluding carboxylic acids is 2. The number of benzene rings is 2. The summed E-state index contributed by atoms with van der Waals surface area (Å²) in [4.78, 5) is 24.0. The minimum Gasteiger partial charge on any atom is -0.465 e. The Morgan fingerprint density at radius 1 is 0.842 bits per heavy atom. The van der Waals surface area contributed by atoms with Crippen LogP contribution in [0.1, 0.15) is 18.1 Å². The van der Waals surface area contributed by atoms with Gasteiger partial charge in [0, 0.05) is 0 Å². The Kier molecular flexibility index (Phi) is 9.59. The summed E-state index contributed by atoms with van der Waals surface area (Å²) in [5, 5.41) is 0. The topological polar surface area (TPSA) is 65.1 Å². The lowest BCUT2D eigenvalue weighted by atomic mass is 10.2. The number of esters is 1. The smallest absolute Gasteiger partial charge is 0.465 e. The number of carbonyl (C=O) groups is 2. The zero-order chi connectivity index (χ0) is 28.9. The van der Waals surface area contributed by atoms with Crippen molar-refractivity contribution in [3.8, 4) is 11.5 Å². The summed E-state index contributed by atoms with van der Waals surface area (Å²) in [6, 6.07) is 5.09. The molecule has 0 bridgehead atoms. The lowest BCUT2D eigenvalue weighted by Gasteiger charge is -2.39. The Morgan fingerprint density at radius 3 is 1.63 bits per heavy atom. The minimum absolute atomic E-state index is 0.325. The van der Waals surface area contributed by atoms with E-state index in [9.17, 15) is 49.1 Å². The molecule has 0 saturated carbocycles. The molecule has 0 saturated heterocycles. The van der Waals surface area contributed by atoms with E-state index in [4.69, 9.17) is 21.3 Å². The fourth-order valence-electron chi connectivity index (χ4n) is 2.79. The average Bonchev–Trinajstić information content (AvgIpc) is 2.80. The summed E-state index contributed by atoms with van der Waals surface area (Å²) in [5.41, 5.74) is -5.94. The predicted molar refractivity (Wildman–Crippen MR) is 116 cm³/mol. The molecule has 0 radical (unpaired) electrons. The van der Waals surface area contributed by atoms with Crippen molar-refractivity contribution in [1.29, 1.82) is 0 Å². The number of amides is 1. The largest absolute Gasteiger partial charge is 0.471 e. The summed E-state index contributed by atoms with van der Waals surface area (Å²) in [6.45, 7) is -0.618. The van der Waals surface area contributed by atoms with Crippen molar-refractivity contribution >= 4 is 31.0 Å². The molecule has 38 heavy (non-hydrogen) atoms. The van der Waals surface area contributed by atoms with Gasteiger partial charge in [-0.15, -0.1) is 0 Å². The van der Waals surface area contributed by atoms with Crippen molar-refractivity contribution in [2.45, 2.75) is 31.1 Å². The monoisotopic (exact) mass is 595 g/mol.